The van der Waals surface area contributed by atoms with Gasteiger partial charge in [0.05, 0.1) is 25.3 Å². The molecule has 1 aromatic heterocycles. The summed E-state index contributed by atoms with van der Waals surface area (Å²) in [5, 5.41) is 9.01. The molecule has 0 atom stereocenters. The molecule has 7 nitrogen and oxygen atoms in total. The maximum absolute atomic E-state index is 11.0. The number of fused-ring (bicyclic) bond motifs is 1. The first-order valence-electron chi connectivity index (χ1n) is 10.7. The lowest BCUT2D eigenvalue weighted by Crippen LogP contribution is -2.31. The third-order valence-corrected chi connectivity index (χ3v) is 5.63. The average molecular weight is 431 g/mol. The lowest BCUT2D eigenvalue weighted by Gasteiger charge is -2.32. The second-order valence-electron chi connectivity index (χ2n) is 7.77. The number of carboxylic acid groups (broad SMARTS) is 1. The first kappa shape index (κ1) is 21.4. The van der Waals surface area contributed by atoms with Crippen molar-refractivity contribution >= 4 is 17.3 Å². The molecule has 0 spiro atoms. The molecule has 0 radical (unpaired) electrons. The van der Waals surface area contributed by atoms with Crippen LogP contribution in [0.5, 0.6) is 5.75 Å². The Labute approximate surface area is 187 Å². The van der Waals surface area contributed by atoms with Crippen molar-refractivity contribution in [3.05, 3.63) is 70.9 Å². The highest BCUT2D eigenvalue weighted by Crippen LogP contribution is 2.34. The number of hydrogen-bond acceptors (Lipinski definition) is 5. The van der Waals surface area contributed by atoms with Gasteiger partial charge in [-0.15, -0.1) is 0 Å². The van der Waals surface area contributed by atoms with Crippen LogP contribution in [0.25, 0.3) is 16.3 Å². The van der Waals surface area contributed by atoms with Crippen LogP contribution in [0.1, 0.15) is 29.9 Å². The first-order valence-corrected chi connectivity index (χ1v) is 10.7. The van der Waals surface area contributed by atoms with Gasteiger partial charge >= 0.3 is 5.97 Å². The van der Waals surface area contributed by atoms with Gasteiger partial charge in [-0.3, -0.25) is 4.79 Å². The molecule has 4 rings (SSSR count). The number of benzene rings is 2. The van der Waals surface area contributed by atoms with E-state index in [4.69, 9.17) is 20.8 Å². The van der Waals surface area contributed by atoms with Gasteiger partial charge in [0, 0.05) is 36.3 Å². The van der Waals surface area contributed by atoms with E-state index in [0.717, 1.165) is 53.4 Å². The van der Waals surface area contributed by atoms with Crippen molar-refractivity contribution in [1.29, 1.82) is 0 Å². The zero-order valence-electron chi connectivity index (χ0n) is 18.0. The third kappa shape index (κ3) is 4.75. The van der Waals surface area contributed by atoms with Crippen LogP contribution >= 0.6 is 0 Å². The maximum Gasteiger partial charge on any atom is 0.305 e. The summed E-state index contributed by atoms with van der Waals surface area (Å²) in [6.45, 7) is 10.8. The number of hydrogen-bond donors (Lipinski definition) is 1. The monoisotopic (exact) mass is 431 g/mol. The summed E-state index contributed by atoms with van der Waals surface area (Å²) in [4.78, 5) is 21.1. The number of carbonyl (C=O) groups is 1. The number of nitrogens with zero attached hydrogens (tertiary/aromatic N) is 3. The zero-order valence-corrected chi connectivity index (χ0v) is 18.0. The van der Waals surface area contributed by atoms with E-state index in [0.29, 0.717) is 31.2 Å². The Bertz CT molecular complexity index is 1140. The Morgan fingerprint density at radius 3 is 2.84 bits per heavy atom. The van der Waals surface area contributed by atoms with Crippen molar-refractivity contribution < 1.29 is 19.1 Å². The van der Waals surface area contributed by atoms with Crippen molar-refractivity contribution in [3.63, 3.8) is 0 Å². The molecule has 2 aromatic carbocycles. The van der Waals surface area contributed by atoms with Gasteiger partial charge in [-0.05, 0) is 31.9 Å². The van der Waals surface area contributed by atoms with Crippen molar-refractivity contribution in [2.24, 2.45) is 0 Å². The first-order chi connectivity index (χ1) is 15.5. The molecule has 164 valence electrons. The van der Waals surface area contributed by atoms with Gasteiger partial charge in [0.2, 0.25) is 5.89 Å². The maximum atomic E-state index is 11.0. The van der Waals surface area contributed by atoms with E-state index in [2.05, 4.69) is 14.7 Å². The van der Waals surface area contributed by atoms with Crippen LogP contribution in [0.15, 0.2) is 46.9 Å². The normalized spacial score (nSPS) is 12.8. The Morgan fingerprint density at radius 2 is 2.09 bits per heavy atom. The molecule has 0 bridgehead atoms. The number of aromatic nitrogens is 1. The largest absolute Gasteiger partial charge is 0.493 e. The molecule has 7 heteroatoms. The summed E-state index contributed by atoms with van der Waals surface area (Å²) in [6, 6.07) is 13.2. The van der Waals surface area contributed by atoms with Gasteiger partial charge in [-0.2, -0.15) is 0 Å². The summed E-state index contributed by atoms with van der Waals surface area (Å²) in [6.07, 6.45) is 2.63. The number of carboxylic acids is 1. The minimum absolute atomic E-state index is 0.124. The van der Waals surface area contributed by atoms with Crippen LogP contribution in [0.3, 0.4) is 0 Å². The SMILES string of the molecule is [C-]#[N+]c1ccc(-c2nc(CCOc3cccc4c3CCCN4CCC(=O)O)c(C)o2)cc1. The van der Waals surface area contributed by atoms with Crippen LogP contribution in [-0.4, -0.2) is 35.8 Å². The summed E-state index contributed by atoms with van der Waals surface area (Å²) < 4.78 is 12.0. The molecule has 0 saturated heterocycles. The molecule has 1 aliphatic heterocycles. The van der Waals surface area contributed by atoms with Crippen molar-refractivity contribution in [3.8, 4) is 17.2 Å². The Hall–Kier alpha value is -3.79. The van der Waals surface area contributed by atoms with Crippen LogP contribution in [0.4, 0.5) is 11.4 Å². The van der Waals surface area contributed by atoms with Gasteiger partial charge < -0.3 is 19.2 Å². The molecular formula is C25H25N3O4. The van der Waals surface area contributed by atoms with E-state index in [1.807, 2.05) is 37.3 Å². The number of rotatable bonds is 8. The molecule has 0 unspecified atom stereocenters. The highest BCUT2D eigenvalue weighted by atomic mass is 16.5. The molecule has 2 heterocycles. The summed E-state index contributed by atoms with van der Waals surface area (Å²) in [5.74, 6) is 1.36. The van der Waals surface area contributed by atoms with Crippen LogP contribution < -0.4 is 9.64 Å². The Kier molecular flexibility index (Phi) is 6.41. The minimum Gasteiger partial charge on any atom is -0.493 e. The fourth-order valence-electron chi connectivity index (χ4n) is 3.99. The average Bonchev–Trinajstić information content (AvgIpc) is 3.18. The van der Waals surface area contributed by atoms with E-state index < -0.39 is 5.97 Å². The quantitative estimate of drug-likeness (QED) is 0.503. The second kappa shape index (κ2) is 9.56. The standard InChI is InChI=1S/C25H25N3O4/c1-17-21(27-25(32-17)18-8-10-19(26-2)11-9-18)13-16-31-23-7-3-6-22-20(23)5-4-14-28(22)15-12-24(29)30/h3,6-11H,4-5,12-16H2,1H3,(H,29,30). The highest BCUT2D eigenvalue weighted by molar-refractivity contribution is 5.68. The van der Waals surface area contributed by atoms with E-state index in [1.165, 1.54) is 0 Å². The van der Waals surface area contributed by atoms with Gasteiger partial charge in [-0.25, -0.2) is 9.83 Å². The Morgan fingerprint density at radius 1 is 1.28 bits per heavy atom. The predicted octanol–water partition coefficient (Wildman–Crippen LogP) is 5.05. The number of aliphatic carboxylic acids is 1. The summed E-state index contributed by atoms with van der Waals surface area (Å²) in [7, 11) is 0. The minimum atomic E-state index is -0.783. The number of aryl methyl sites for hydroxylation is 1. The smallest absolute Gasteiger partial charge is 0.305 e. The second-order valence-corrected chi connectivity index (χ2v) is 7.77. The molecule has 1 aliphatic rings. The summed E-state index contributed by atoms with van der Waals surface area (Å²) >= 11 is 0. The molecule has 32 heavy (non-hydrogen) atoms. The molecule has 3 aromatic rings. The van der Waals surface area contributed by atoms with Crippen molar-refractivity contribution in [2.45, 2.75) is 32.6 Å². The van der Waals surface area contributed by atoms with Crippen LogP contribution in [0.2, 0.25) is 0 Å². The van der Waals surface area contributed by atoms with Gasteiger partial charge in [-0.1, -0.05) is 30.3 Å². The fourth-order valence-corrected chi connectivity index (χ4v) is 3.99. The lowest BCUT2D eigenvalue weighted by atomic mass is 10.0. The Balaban J connectivity index is 1.42. The predicted molar refractivity (Wildman–Crippen MR) is 121 cm³/mol. The number of anilines is 1. The van der Waals surface area contributed by atoms with E-state index >= 15 is 0 Å². The van der Waals surface area contributed by atoms with Gasteiger partial charge in [0.25, 0.3) is 0 Å². The summed E-state index contributed by atoms with van der Waals surface area (Å²) in [5.41, 5.74) is 4.48. The van der Waals surface area contributed by atoms with Crippen LogP contribution in [0, 0.1) is 13.5 Å². The fraction of sp³-hybridized carbons (Fsp3) is 0.320. The van der Waals surface area contributed by atoms with Gasteiger partial charge in [0.15, 0.2) is 5.69 Å². The van der Waals surface area contributed by atoms with Gasteiger partial charge in [0.1, 0.15) is 11.5 Å². The molecule has 0 saturated carbocycles. The van der Waals surface area contributed by atoms with Crippen molar-refractivity contribution in [1.82, 2.24) is 4.98 Å². The van der Waals surface area contributed by atoms with E-state index in [9.17, 15) is 4.79 Å². The number of ether oxygens (including phenoxy) is 1. The zero-order chi connectivity index (χ0) is 22.5. The molecule has 0 aliphatic carbocycles. The highest BCUT2D eigenvalue weighted by Gasteiger charge is 2.21. The topological polar surface area (TPSA) is 80.2 Å². The van der Waals surface area contributed by atoms with E-state index in [-0.39, 0.29) is 6.42 Å². The number of oxazole rings is 1. The van der Waals surface area contributed by atoms with Crippen LogP contribution in [-0.2, 0) is 17.6 Å². The van der Waals surface area contributed by atoms with Crippen molar-refractivity contribution in [2.75, 3.05) is 24.6 Å². The molecule has 0 fully saturated rings. The molecule has 1 N–H and O–H groups in total. The van der Waals surface area contributed by atoms with E-state index in [1.54, 1.807) is 12.1 Å². The molecular weight excluding hydrogens is 406 g/mol. The molecule has 0 amide bonds. The lowest BCUT2D eigenvalue weighted by molar-refractivity contribution is -0.136. The third-order valence-electron chi connectivity index (χ3n) is 5.63.